The van der Waals surface area contributed by atoms with Crippen LogP contribution in [-0.2, 0) is 11.3 Å². The monoisotopic (exact) mass is 415 g/mol. The van der Waals surface area contributed by atoms with Crippen molar-refractivity contribution in [1.82, 2.24) is 20.7 Å². The number of hydrogen-bond donors (Lipinski definition) is 4. The Morgan fingerprint density at radius 2 is 2.25 bits per heavy atom. The Morgan fingerprint density at radius 3 is 3.07 bits per heavy atom. The third-order valence-corrected chi connectivity index (χ3v) is 5.94. The van der Waals surface area contributed by atoms with Crippen molar-refractivity contribution in [3.63, 3.8) is 0 Å². The molecular weight excluding hydrogens is 394 g/mol. The van der Waals surface area contributed by atoms with E-state index < -0.39 is 0 Å². The van der Waals surface area contributed by atoms with Gasteiger partial charge in [-0.15, -0.1) is 11.3 Å². The maximum Gasteiger partial charge on any atom is 0.185 e. The van der Waals surface area contributed by atoms with Gasteiger partial charge in [-0.1, -0.05) is 18.2 Å². The molecule has 1 aliphatic rings. The van der Waals surface area contributed by atoms with Crippen molar-refractivity contribution in [3.05, 3.63) is 42.2 Å². The maximum absolute atomic E-state index is 9.36. The first kappa shape index (κ1) is 19.0. The summed E-state index contributed by atoms with van der Waals surface area (Å²) in [6, 6.07) is 9.87. The minimum atomic E-state index is 0.0195. The van der Waals surface area contributed by atoms with E-state index in [0.29, 0.717) is 17.5 Å². The second-order valence-corrected chi connectivity index (χ2v) is 7.96. The van der Waals surface area contributed by atoms with Gasteiger partial charge in [0.15, 0.2) is 10.9 Å². The van der Waals surface area contributed by atoms with Crippen molar-refractivity contribution in [1.29, 1.82) is 0 Å². The summed E-state index contributed by atoms with van der Waals surface area (Å²) in [5, 5.41) is 13.0. The molecule has 28 heavy (non-hydrogen) atoms. The predicted molar refractivity (Wildman–Crippen MR) is 115 cm³/mol. The Hall–Kier alpha value is -2.33. The number of aliphatic hydroxyl groups is 1. The van der Waals surface area contributed by atoms with Crippen LogP contribution in [0.15, 0.2) is 36.7 Å². The standard InChI is InChI=1S/C19H21N5O2S2/c25-10-12-3-1-4-13(7-12)16-8-15-17(28-16)18(22-11-21-15)23-24-19(27)20-9-14-5-2-6-26-14/h1,3-4,7-8,11,14,25H,2,5-6,9-10H2,(H2,20,24,27)(H,21,22,23). The quantitative estimate of drug-likeness (QED) is 0.361. The number of nitrogens with one attached hydrogen (secondary N) is 3. The molecule has 146 valence electrons. The second kappa shape index (κ2) is 8.78. The molecule has 0 radical (unpaired) electrons. The first-order valence-electron chi connectivity index (χ1n) is 9.09. The van der Waals surface area contributed by atoms with E-state index in [2.05, 4.69) is 26.1 Å². The van der Waals surface area contributed by atoms with E-state index in [-0.39, 0.29) is 12.7 Å². The number of aliphatic hydroxyl groups excluding tert-OH is 1. The van der Waals surface area contributed by atoms with E-state index in [4.69, 9.17) is 17.0 Å². The number of anilines is 1. The lowest BCUT2D eigenvalue weighted by Gasteiger charge is -2.14. The number of benzene rings is 1. The molecule has 1 unspecified atom stereocenters. The van der Waals surface area contributed by atoms with Gasteiger partial charge in [0.25, 0.3) is 0 Å². The van der Waals surface area contributed by atoms with Crippen LogP contribution in [-0.4, -0.2) is 39.4 Å². The van der Waals surface area contributed by atoms with Gasteiger partial charge in [-0.25, -0.2) is 9.97 Å². The van der Waals surface area contributed by atoms with Crippen molar-refractivity contribution >= 4 is 44.7 Å². The Labute approximate surface area is 172 Å². The van der Waals surface area contributed by atoms with Gasteiger partial charge in [0, 0.05) is 18.0 Å². The van der Waals surface area contributed by atoms with Crippen molar-refractivity contribution in [2.45, 2.75) is 25.6 Å². The van der Waals surface area contributed by atoms with Crippen LogP contribution >= 0.6 is 23.6 Å². The molecule has 0 saturated carbocycles. The predicted octanol–water partition coefficient (Wildman–Crippen LogP) is 2.82. The number of nitrogens with zero attached hydrogens (tertiary/aromatic N) is 2. The summed E-state index contributed by atoms with van der Waals surface area (Å²) < 4.78 is 6.51. The number of aromatic nitrogens is 2. The van der Waals surface area contributed by atoms with Gasteiger partial charge in [0.2, 0.25) is 0 Å². The molecule has 1 fully saturated rings. The van der Waals surface area contributed by atoms with Crippen molar-refractivity contribution in [3.8, 4) is 10.4 Å². The molecule has 0 aliphatic carbocycles. The zero-order chi connectivity index (χ0) is 19.3. The molecule has 7 nitrogen and oxygen atoms in total. The van der Waals surface area contributed by atoms with Gasteiger partial charge in [-0.3, -0.25) is 10.9 Å². The van der Waals surface area contributed by atoms with Gasteiger partial charge in [0.05, 0.1) is 22.9 Å². The van der Waals surface area contributed by atoms with E-state index in [0.717, 1.165) is 45.7 Å². The lowest BCUT2D eigenvalue weighted by Crippen LogP contribution is -2.42. The number of hydrogen-bond acceptors (Lipinski definition) is 7. The highest BCUT2D eigenvalue weighted by Gasteiger charge is 2.15. The van der Waals surface area contributed by atoms with E-state index in [1.807, 2.05) is 30.3 Å². The third-order valence-electron chi connectivity index (χ3n) is 4.51. The minimum absolute atomic E-state index is 0.0195. The average molecular weight is 416 g/mol. The Balaban J connectivity index is 1.45. The zero-order valence-electron chi connectivity index (χ0n) is 15.1. The molecule has 1 aliphatic heterocycles. The lowest BCUT2D eigenvalue weighted by molar-refractivity contribution is 0.114. The summed E-state index contributed by atoms with van der Waals surface area (Å²) >= 11 is 6.90. The number of thiophene rings is 1. The SMILES string of the molecule is OCc1cccc(-c2cc3ncnc(NNC(=S)NCC4CCCO4)c3s2)c1. The molecule has 4 N–H and O–H groups in total. The van der Waals surface area contributed by atoms with Gasteiger partial charge >= 0.3 is 0 Å². The van der Waals surface area contributed by atoms with Gasteiger partial charge in [0.1, 0.15) is 6.33 Å². The Kier molecular flexibility index (Phi) is 5.96. The molecule has 2 aromatic heterocycles. The fourth-order valence-electron chi connectivity index (χ4n) is 3.08. The van der Waals surface area contributed by atoms with Crippen molar-refractivity contribution in [2.75, 3.05) is 18.6 Å². The number of fused-ring (bicyclic) bond motifs is 1. The molecule has 0 spiro atoms. The van der Waals surface area contributed by atoms with Crippen LogP contribution in [0, 0.1) is 0 Å². The third kappa shape index (κ3) is 4.39. The number of rotatable bonds is 6. The number of ether oxygens (including phenoxy) is 1. The van der Waals surface area contributed by atoms with Crippen LogP contribution in [0.4, 0.5) is 5.82 Å². The highest BCUT2D eigenvalue weighted by Crippen LogP contribution is 2.35. The molecule has 3 aromatic rings. The summed E-state index contributed by atoms with van der Waals surface area (Å²) in [4.78, 5) is 9.76. The van der Waals surface area contributed by atoms with Crippen LogP contribution in [0.25, 0.3) is 20.7 Å². The van der Waals surface area contributed by atoms with Crippen molar-refractivity contribution < 1.29 is 9.84 Å². The second-order valence-electron chi connectivity index (χ2n) is 6.50. The van der Waals surface area contributed by atoms with E-state index in [9.17, 15) is 5.11 Å². The molecule has 1 atom stereocenters. The lowest BCUT2D eigenvalue weighted by atomic mass is 10.1. The molecule has 3 heterocycles. The first-order valence-corrected chi connectivity index (χ1v) is 10.3. The molecule has 1 saturated heterocycles. The largest absolute Gasteiger partial charge is 0.392 e. The van der Waals surface area contributed by atoms with Crippen molar-refractivity contribution in [2.24, 2.45) is 0 Å². The fraction of sp³-hybridized carbons (Fsp3) is 0.316. The molecule has 0 amide bonds. The highest BCUT2D eigenvalue weighted by atomic mass is 32.1. The van der Waals surface area contributed by atoms with Crippen LogP contribution in [0.3, 0.4) is 0 Å². The summed E-state index contributed by atoms with van der Waals surface area (Å²) in [6.45, 7) is 1.54. The van der Waals surface area contributed by atoms with Crippen LogP contribution < -0.4 is 16.2 Å². The number of hydrazine groups is 1. The van der Waals surface area contributed by atoms with Crippen LogP contribution in [0.2, 0.25) is 0 Å². The first-order chi connectivity index (χ1) is 13.7. The van der Waals surface area contributed by atoms with Gasteiger partial charge < -0.3 is 15.2 Å². The minimum Gasteiger partial charge on any atom is -0.392 e. The average Bonchev–Trinajstić information content (AvgIpc) is 3.40. The zero-order valence-corrected chi connectivity index (χ0v) is 16.8. The summed E-state index contributed by atoms with van der Waals surface area (Å²) in [5.41, 5.74) is 8.83. The van der Waals surface area contributed by atoms with Crippen LogP contribution in [0.1, 0.15) is 18.4 Å². The molecule has 4 rings (SSSR count). The summed E-state index contributed by atoms with van der Waals surface area (Å²) in [6.07, 6.45) is 3.91. The van der Waals surface area contributed by atoms with E-state index >= 15 is 0 Å². The smallest absolute Gasteiger partial charge is 0.185 e. The molecule has 9 heteroatoms. The molecular formula is C19H21N5O2S2. The normalized spacial score (nSPS) is 16.2. The highest BCUT2D eigenvalue weighted by molar-refractivity contribution is 7.80. The Bertz CT molecular complexity index is 972. The summed E-state index contributed by atoms with van der Waals surface area (Å²) in [5.74, 6) is 0.667. The van der Waals surface area contributed by atoms with Gasteiger partial charge in [-0.05, 0) is 48.3 Å². The topological polar surface area (TPSA) is 91.3 Å². The summed E-state index contributed by atoms with van der Waals surface area (Å²) in [7, 11) is 0. The molecule has 1 aromatic carbocycles. The molecule has 0 bridgehead atoms. The number of thiocarbonyl (C=S) groups is 1. The van der Waals surface area contributed by atoms with E-state index in [1.54, 1.807) is 11.3 Å². The van der Waals surface area contributed by atoms with Crippen LogP contribution in [0.5, 0.6) is 0 Å². The van der Waals surface area contributed by atoms with E-state index in [1.165, 1.54) is 6.33 Å². The maximum atomic E-state index is 9.36. The van der Waals surface area contributed by atoms with Gasteiger partial charge in [-0.2, -0.15) is 0 Å². The Morgan fingerprint density at radius 1 is 1.32 bits per heavy atom. The fourth-order valence-corrected chi connectivity index (χ4v) is 4.27.